The van der Waals surface area contributed by atoms with E-state index in [9.17, 15) is 9.59 Å². The molecule has 2 amide bonds. The van der Waals surface area contributed by atoms with Crippen molar-refractivity contribution in [2.75, 3.05) is 16.8 Å². The summed E-state index contributed by atoms with van der Waals surface area (Å²) in [5, 5.41) is 9.52. The number of rotatable bonds is 3. The Morgan fingerprint density at radius 2 is 2.12 bits per heavy atom. The number of aryl methyl sites for hydroxylation is 1. The Kier molecular flexibility index (Phi) is 3.93. The molecule has 0 bridgehead atoms. The highest BCUT2D eigenvalue weighted by Crippen LogP contribution is 2.27. The fourth-order valence-corrected chi connectivity index (χ4v) is 3.74. The molecule has 2 aromatic heterocycles. The Morgan fingerprint density at radius 3 is 2.84 bits per heavy atom. The molecular formula is C16H14ClN5O2S. The van der Waals surface area contributed by atoms with Crippen molar-refractivity contribution in [3.05, 3.63) is 40.4 Å². The van der Waals surface area contributed by atoms with Gasteiger partial charge in [0.2, 0.25) is 22.7 Å². The highest BCUT2D eigenvalue weighted by Gasteiger charge is 2.35. The molecule has 25 heavy (non-hydrogen) atoms. The summed E-state index contributed by atoms with van der Waals surface area (Å²) in [5.74, 6) is -0.513. The standard InChI is InChI=1S/C16H14ClN5O2S/c1-9-8-25-16-19-15(20-22(9)16)18-14(24)10-6-13(23)21(7-10)12-4-2-11(17)3-5-12/h2-5,8,10H,6-7H2,1H3,(H,18,20,24). The first-order valence-electron chi connectivity index (χ1n) is 7.69. The predicted octanol–water partition coefficient (Wildman–Crippen LogP) is 2.74. The third-order valence-electron chi connectivity index (χ3n) is 4.12. The van der Waals surface area contributed by atoms with Gasteiger partial charge in [0.1, 0.15) is 0 Å². The van der Waals surface area contributed by atoms with Crippen LogP contribution in [0.4, 0.5) is 11.6 Å². The fourth-order valence-electron chi connectivity index (χ4n) is 2.81. The largest absolute Gasteiger partial charge is 0.312 e. The van der Waals surface area contributed by atoms with Gasteiger partial charge in [-0.1, -0.05) is 11.6 Å². The summed E-state index contributed by atoms with van der Waals surface area (Å²) in [6, 6.07) is 6.99. The average Bonchev–Trinajstić information content (AvgIpc) is 3.25. The number of carbonyl (C=O) groups is 2. The number of nitrogens with zero attached hydrogens (tertiary/aromatic N) is 4. The van der Waals surface area contributed by atoms with Crippen LogP contribution in [-0.4, -0.2) is 33.0 Å². The number of halogens is 1. The zero-order chi connectivity index (χ0) is 17.6. The van der Waals surface area contributed by atoms with Crippen molar-refractivity contribution < 1.29 is 9.59 Å². The first-order valence-corrected chi connectivity index (χ1v) is 8.94. The lowest BCUT2D eigenvalue weighted by Crippen LogP contribution is -2.28. The second-order valence-electron chi connectivity index (χ2n) is 5.88. The summed E-state index contributed by atoms with van der Waals surface area (Å²) >= 11 is 7.33. The lowest BCUT2D eigenvalue weighted by atomic mass is 10.1. The molecule has 1 aliphatic rings. The van der Waals surface area contributed by atoms with Gasteiger partial charge < -0.3 is 4.90 Å². The van der Waals surface area contributed by atoms with Gasteiger partial charge in [0.15, 0.2) is 0 Å². The molecule has 3 aromatic rings. The second-order valence-corrected chi connectivity index (χ2v) is 7.15. The molecule has 3 heterocycles. The number of anilines is 2. The second kappa shape index (κ2) is 6.12. The number of benzene rings is 1. The van der Waals surface area contributed by atoms with Crippen LogP contribution in [0, 0.1) is 12.8 Å². The Bertz CT molecular complexity index is 965. The van der Waals surface area contributed by atoms with E-state index in [1.807, 2.05) is 12.3 Å². The number of thiazole rings is 1. The van der Waals surface area contributed by atoms with E-state index in [0.717, 1.165) is 16.3 Å². The number of hydrogen-bond donors (Lipinski definition) is 1. The van der Waals surface area contributed by atoms with Crippen molar-refractivity contribution >= 4 is 51.3 Å². The van der Waals surface area contributed by atoms with Crippen LogP contribution < -0.4 is 10.2 Å². The van der Waals surface area contributed by atoms with E-state index < -0.39 is 5.92 Å². The van der Waals surface area contributed by atoms with Gasteiger partial charge in [0.25, 0.3) is 0 Å². The maximum atomic E-state index is 12.5. The lowest BCUT2D eigenvalue weighted by Gasteiger charge is -2.16. The van der Waals surface area contributed by atoms with Crippen molar-refractivity contribution in [2.45, 2.75) is 13.3 Å². The topological polar surface area (TPSA) is 79.6 Å². The molecule has 0 saturated carbocycles. The van der Waals surface area contributed by atoms with Gasteiger partial charge >= 0.3 is 0 Å². The molecule has 9 heteroatoms. The highest BCUT2D eigenvalue weighted by molar-refractivity contribution is 7.15. The fraction of sp³-hybridized carbons (Fsp3) is 0.250. The van der Waals surface area contributed by atoms with Crippen LogP contribution in [-0.2, 0) is 9.59 Å². The van der Waals surface area contributed by atoms with Crippen molar-refractivity contribution in [1.29, 1.82) is 0 Å². The van der Waals surface area contributed by atoms with Gasteiger partial charge in [0, 0.05) is 29.1 Å². The Morgan fingerprint density at radius 1 is 1.36 bits per heavy atom. The lowest BCUT2D eigenvalue weighted by molar-refractivity contribution is -0.122. The molecule has 7 nitrogen and oxygen atoms in total. The number of aromatic nitrogens is 3. The summed E-state index contributed by atoms with van der Waals surface area (Å²) in [6.45, 7) is 2.25. The number of carbonyl (C=O) groups excluding carboxylic acids is 2. The van der Waals surface area contributed by atoms with Crippen molar-refractivity contribution in [2.24, 2.45) is 5.92 Å². The molecule has 1 atom stereocenters. The van der Waals surface area contributed by atoms with Gasteiger partial charge in [-0.25, -0.2) is 4.52 Å². The monoisotopic (exact) mass is 375 g/mol. The third-order valence-corrected chi connectivity index (χ3v) is 5.30. The van der Waals surface area contributed by atoms with Crippen LogP contribution in [0.2, 0.25) is 5.02 Å². The molecule has 4 rings (SSSR count). The quantitative estimate of drug-likeness (QED) is 0.763. The molecule has 0 aliphatic carbocycles. The Balaban J connectivity index is 1.47. The van der Waals surface area contributed by atoms with Gasteiger partial charge in [-0.15, -0.1) is 16.4 Å². The summed E-state index contributed by atoms with van der Waals surface area (Å²) in [5.41, 5.74) is 1.69. The van der Waals surface area contributed by atoms with Crippen LogP contribution in [0.25, 0.3) is 4.96 Å². The number of nitrogens with one attached hydrogen (secondary N) is 1. The predicted molar refractivity (Wildman–Crippen MR) is 96.1 cm³/mol. The maximum absolute atomic E-state index is 12.5. The summed E-state index contributed by atoms with van der Waals surface area (Å²) in [4.78, 5) is 31.3. The van der Waals surface area contributed by atoms with E-state index in [-0.39, 0.29) is 24.2 Å². The van der Waals surface area contributed by atoms with Crippen molar-refractivity contribution in [1.82, 2.24) is 14.6 Å². The first-order chi connectivity index (χ1) is 12.0. The minimum absolute atomic E-state index is 0.0860. The van der Waals surface area contributed by atoms with Gasteiger partial charge in [0.05, 0.1) is 11.6 Å². The molecule has 0 radical (unpaired) electrons. The molecule has 1 unspecified atom stereocenters. The van der Waals surface area contributed by atoms with E-state index >= 15 is 0 Å². The van der Waals surface area contributed by atoms with Gasteiger partial charge in [-0.05, 0) is 31.2 Å². The average molecular weight is 376 g/mol. The summed E-state index contributed by atoms with van der Waals surface area (Å²) < 4.78 is 1.68. The molecule has 0 spiro atoms. The molecule has 1 N–H and O–H groups in total. The molecule has 1 aromatic carbocycles. The van der Waals surface area contributed by atoms with Crippen molar-refractivity contribution in [3.8, 4) is 0 Å². The van der Waals surface area contributed by atoms with Crippen LogP contribution in [0.1, 0.15) is 12.1 Å². The van der Waals surface area contributed by atoms with Gasteiger partial charge in [-0.2, -0.15) is 4.98 Å². The van der Waals surface area contributed by atoms with E-state index in [0.29, 0.717) is 11.6 Å². The molecule has 1 aliphatic heterocycles. The SMILES string of the molecule is Cc1csc2nc(NC(=O)C3CC(=O)N(c4ccc(Cl)cc4)C3)nn12. The number of fused-ring (bicyclic) bond motifs is 1. The van der Waals surface area contributed by atoms with Crippen LogP contribution in [0.15, 0.2) is 29.6 Å². The van der Waals surface area contributed by atoms with Gasteiger partial charge in [-0.3, -0.25) is 14.9 Å². The smallest absolute Gasteiger partial charge is 0.250 e. The van der Waals surface area contributed by atoms with E-state index in [4.69, 9.17) is 11.6 Å². The molecule has 1 fully saturated rings. The zero-order valence-electron chi connectivity index (χ0n) is 13.3. The molecule has 1 saturated heterocycles. The van der Waals surface area contributed by atoms with E-state index in [2.05, 4.69) is 15.4 Å². The maximum Gasteiger partial charge on any atom is 0.250 e. The number of amides is 2. The minimum Gasteiger partial charge on any atom is -0.312 e. The summed E-state index contributed by atoms with van der Waals surface area (Å²) in [7, 11) is 0. The van der Waals surface area contributed by atoms with Crippen LogP contribution >= 0.6 is 22.9 Å². The molecule has 128 valence electrons. The van der Waals surface area contributed by atoms with Crippen molar-refractivity contribution in [3.63, 3.8) is 0 Å². The third kappa shape index (κ3) is 2.98. The Labute approximate surface area is 152 Å². The molecular weight excluding hydrogens is 362 g/mol. The normalized spacial score (nSPS) is 17.4. The number of hydrogen-bond acceptors (Lipinski definition) is 5. The zero-order valence-corrected chi connectivity index (χ0v) is 14.8. The summed E-state index contributed by atoms with van der Waals surface area (Å²) in [6.07, 6.45) is 0.162. The van der Waals surface area contributed by atoms with E-state index in [1.54, 1.807) is 33.7 Å². The van der Waals surface area contributed by atoms with Crippen LogP contribution in [0.5, 0.6) is 0 Å². The minimum atomic E-state index is -0.439. The highest BCUT2D eigenvalue weighted by atomic mass is 35.5. The van der Waals surface area contributed by atoms with E-state index in [1.165, 1.54) is 11.3 Å². The Hall–Kier alpha value is -2.45. The first kappa shape index (κ1) is 16.0. The van der Waals surface area contributed by atoms with Crippen LogP contribution in [0.3, 0.4) is 0 Å².